The molecule has 0 spiro atoms. The minimum Gasteiger partial charge on any atom is -0.325 e. The number of hydrogen-bond donors (Lipinski definition) is 1. The Morgan fingerprint density at radius 2 is 1.86 bits per heavy atom. The number of likely N-dealkylation sites (tertiary alicyclic amines) is 2. The van der Waals surface area contributed by atoms with E-state index in [-0.39, 0.29) is 23.1 Å². The molecule has 36 heavy (non-hydrogen) atoms. The van der Waals surface area contributed by atoms with Crippen molar-refractivity contribution in [3.63, 3.8) is 0 Å². The monoisotopic (exact) mass is 528 g/mol. The highest BCUT2D eigenvalue weighted by Gasteiger charge is 2.58. The predicted octanol–water partition coefficient (Wildman–Crippen LogP) is 3.39. The number of carbonyl (C=O) groups is 1. The zero-order valence-corrected chi connectivity index (χ0v) is 21.0. The number of aryl methyl sites for hydroxylation is 1. The summed E-state index contributed by atoms with van der Waals surface area (Å²) in [6.45, 7) is 1.47. The van der Waals surface area contributed by atoms with Crippen molar-refractivity contribution in [1.29, 1.82) is 0 Å². The summed E-state index contributed by atoms with van der Waals surface area (Å²) in [5.74, 6) is -4.89. The van der Waals surface area contributed by atoms with Crippen LogP contribution >= 0.6 is 0 Å². The highest BCUT2D eigenvalue weighted by Crippen LogP contribution is 2.37. The number of alkyl halides is 2. The maximum atomic E-state index is 15.7. The molecule has 12 heteroatoms. The molecule has 0 bridgehead atoms. The second-order valence-electron chi connectivity index (χ2n) is 9.46. The molecule has 2 aromatic rings. The van der Waals surface area contributed by atoms with Gasteiger partial charge in [0.2, 0.25) is 0 Å². The van der Waals surface area contributed by atoms with Gasteiger partial charge in [0, 0.05) is 32.7 Å². The predicted molar refractivity (Wildman–Crippen MR) is 127 cm³/mol. The Labute approximate surface area is 207 Å². The molecule has 2 atom stereocenters. The third-order valence-electron chi connectivity index (χ3n) is 6.61. The van der Waals surface area contributed by atoms with E-state index in [1.54, 1.807) is 13.0 Å². The number of hydrogen-bond acceptors (Lipinski definition) is 3. The van der Waals surface area contributed by atoms with Crippen LogP contribution in [0.15, 0.2) is 36.4 Å². The second kappa shape index (κ2) is 9.64. The van der Waals surface area contributed by atoms with Crippen LogP contribution < -0.4 is 4.72 Å². The first kappa shape index (κ1) is 26.4. The van der Waals surface area contributed by atoms with E-state index in [0.29, 0.717) is 18.7 Å². The summed E-state index contributed by atoms with van der Waals surface area (Å²) >= 11 is 0. The van der Waals surface area contributed by atoms with Gasteiger partial charge in [0.05, 0.1) is 12.6 Å². The third kappa shape index (κ3) is 5.07. The largest absolute Gasteiger partial charge is 0.325 e. The van der Waals surface area contributed by atoms with Crippen molar-refractivity contribution in [3.8, 4) is 11.1 Å². The standard InChI is InChI=1S/C24H28F4N4O3S/c1-15-10-17(12-18(25)11-15)19-7-4-6-16(21(19)26)13-20-22(29-36(34,35)30(2)3)24(27,28)14-32(20)23(33)31-8-5-9-31/h4,6-7,10-12,20,22,29H,5,8-9,13-14H2,1-3H3/t20-,22+/m0/s1. The summed E-state index contributed by atoms with van der Waals surface area (Å²) in [6, 6.07) is 4.45. The molecular weight excluding hydrogens is 500 g/mol. The molecule has 2 aliphatic rings. The molecule has 0 unspecified atom stereocenters. The summed E-state index contributed by atoms with van der Waals surface area (Å²) in [6.07, 6.45) is 0.366. The molecule has 1 N–H and O–H groups in total. The molecule has 4 rings (SSSR count). The quantitative estimate of drug-likeness (QED) is 0.585. The van der Waals surface area contributed by atoms with Gasteiger partial charge in [-0.05, 0) is 48.6 Å². The van der Waals surface area contributed by atoms with E-state index in [1.165, 1.54) is 49.3 Å². The average Bonchev–Trinajstić information content (AvgIpc) is 2.97. The Balaban J connectivity index is 1.74. The van der Waals surface area contributed by atoms with E-state index in [9.17, 15) is 17.6 Å². The van der Waals surface area contributed by atoms with Gasteiger partial charge in [0.15, 0.2) is 0 Å². The van der Waals surface area contributed by atoms with Gasteiger partial charge in [-0.3, -0.25) is 0 Å². The Kier molecular flexibility index (Phi) is 7.06. The fraction of sp³-hybridized carbons (Fsp3) is 0.458. The zero-order chi connectivity index (χ0) is 26.4. The van der Waals surface area contributed by atoms with E-state index >= 15 is 13.2 Å². The van der Waals surface area contributed by atoms with Gasteiger partial charge in [-0.25, -0.2) is 22.4 Å². The number of rotatable bonds is 6. The summed E-state index contributed by atoms with van der Waals surface area (Å²) in [5, 5.41) is 0. The van der Waals surface area contributed by atoms with Gasteiger partial charge in [-0.15, -0.1) is 0 Å². The molecule has 2 fully saturated rings. The number of benzene rings is 2. The lowest BCUT2D eigenvalue weighted by molar-refractivity contribution is -0.00591. The number of amides is 2. The van der Waals surface area contributed by atoms with Crippen molar-refractivity contribution < 1.29 is 30.8 Å². The maximum absolute atomic E-state index is 15.7. The van der Waals surface area contributed by atoms with Crippen LogP contribution in [0.25, 0.3) is 11.1 Å². The second-order valence-corrected chi connectivity index (χ2v) is 11.4. The number of urea groups is 1. The molecule has 7 nitrogen and oxygen atoms in total. The van der Waals surface area contributed by atoms with Crippen LogP contribution in [-0.2, 0) is 16.6 Å². The van der Waals surface area contributed by atoms with E-state index < -0.39 is 52.4 Å². The Morgan fingerprint density at radius 3 is 2.44 bits per heavy atom. The van der Waals surface area contributed by atoms with Crippen LogP contribution in [0.5, 0.6) is 0 Å². The third-order valence-corrected chi connectivity index (χ3v) is 8.12. The Bertz CT molecular complexity index is 1250. The zero-order valence-electron chi connectivity index (χ0n) is 20.1. The summed E-state index contributed by atoms with van der Waals surface area (Å²) in [4.78, 5) is 15.3. The van der Waals surface area contributed by atoms with Crippen molar-refractivity contribution in [1.82, 2.24) is 18.8 Å². The SMILES string of the molecule is Cc1cc(F)cc(-c2cccc(C[C@H]3[C@@H](NS(=O)(=O)N(C)C)C(F)(F)CN3C(=O)N3CCC3)c2F)c1. The lowest BCUT2D eigenvalue weighted by Crippen LogP contribution is -2.56. The average molecular weight is 529 g/mol. The Morgan fingerprint density at radius 1 is 1.17 bits per heavy atom. The van der Waals surface area contributed by atoms with Gasteiger partial charge in [0.1, 0.15) is 17.7 Å². The topological polar surface area (TPSA) is 73.0 Å². The van der Waals surface area contributed by atoms with Gasteiger partial charge in [0.25, 0.3) is 16.1 Å². The highest BCUT2D eigenvalue weighted by molar-refractivity contribution is 7.87. The normalized spacial score (nSPS) is 21.7. The van der Waals surface area contributed by atoms with Crippen LogP contribution in [-0.4, -0.2) is 80.3 Å². The number of nitrogens with one attached hydrogen (secondary N) is 1. The number of halogens is 4. The molecule has 2 amide bonds. The molecule has 0 aromatic heterocycles. The lowest BCUT2D eigenvalue weighted by atomic mass is 9.95. The summed E-state index contributed by atoms with van der Waals surface area (Å²) < 4.78 is 87.7. The molecule has 0 saturated carbocycles. The van der Waals surface area contributed by atoms with Crippen molar-refractivity contribution in [3.05, 3.63) is 59.2 Å². The smallest absolute Gasteiger partial charge is 0.320 e. The van der Waals surface area contributed by atoms with Gasteiger partial charge in [-0.2, -0.15) is 17.4 Å². The molecule has 2 aromatic carbocycles. The molecule has 196 valence electrons. The van der Waals surface area contributed by atoms with Crippen LogP contribution in [0.2, 0.25) is 0 Å². The molecule has 2 heterocycles. The fourth-order valence-electron chi connectivity index (χ4n) is 4.54. The van der Waals surface area contributed by atoms with E-state index in [1.807, 2.05) is 4.72 Å². The van der Waals surface area contributed by atoms with Crippen LogP contribution in [0, 0.1) is 18.6 Å². The van der Waals surface area contributed by atoms with E-state index in [2.05, 4.69) is 0 Å². The number of nitrogens with zero attached hydrogens (tertiary/aromatic N) is 3. The van der Waals surface area contributed by atoms with Gasteiger partial charge < -0.3 is 9.80 Å². The van der Waals surface area contributed by atoms with Crippen molar-refractivity contribution in [2.24, 2.45) is 0 Å². The number of carbonyl (C=O) groups excluding carboxylic acids is 1. The van der Waals surface area contributed by atoms with Crippen LogP contribution in [0.1, 0.15) is 17.5 Å². The minimum absolute atomic E-state index is 0.00701. The first-order valence-electron chi connectivity index (χ1n) is 11.5. The molecule has 2 saturated heterocycles. The Hall–Kier alpha value is -2.70. The maximum Gasteiger partial charge on any atom is 0.320 e. The molecule has 0 radical (unpaired) electrons. The van der Waals surface area contributed by atoms with E-state index in [4.69, 9.17) is 0 Å². The van der Waals surface area contributed by atoms with Gasteiger partial charge in [-0.1, -0.05) is 24.3 Å². The first-order valence-corrected chi connectivity index (χ1v) is 12.9. The highest BCUT2D eigenvalue weighted by atomic mass is 32.2. The van der Waals surface area contributed by atoms with Crippen molar-refractivity contribution in [2.75, 3.05) is 33.7 Å². The van der Waals surface area contributed by atoms with Crippen molar-refractivity contribution >= 4 is 16.2 Å². The van der Waals surface area contributed by atoms with Crippen molar-refractivity contribution in [2.45, 2.75) is 37.8 Å². The van der Waals surface area contributed by atoms with Crippen LogP contribution in [0.4, 0.5) is 22.4 Å². The lowest BCUT2D eigenvalue weighted by Gasteiger charge is -2.37. The summed E-state index contributed by atoms with van der Waals surface area (Å²) in [5.41, 5.74) is 0.940. The molecule has 0 aliphatic carbocycles. The fourth-order valence-corrected chi connectivity index (χ4v) is 5.40. The summed E-state index contributed by atoms with van der Waals surface area (Å²) in [7, 11) is -1.91. The van der Waals surface area contributed by atoms with Gasteiger partial charge >= 0.3 is 6.03 Å². The van der Waals surface area contributed by atoms with Crippen LogP contribution in [0.3, 0.4) is 0 Å². The molecule has 2 aliphatic heterocycles. The molecular formula is C24H28F4N4O3S. The van der Waals surface area contributed by atoms with E-state index in [0.717, 1.165) is 15.6 Å². The minimum atomic E-state index is -4.29. The first-order chi connectivity index (χ1) is 16.8.